The van der Waals surface area contributed by atoms with Gasteiger partial charge in [-0.3, -0.25) is 24.2 Å². The number of thioether (sulfide) groups is 1. The molecule has 0 aromatic heterocycles. The highest BCUT2D eigenvalue weighted by atomic mass is 32.2. The normalized spacial score (nSPS) is 16.4. The molecule has 2 aliphatic heterocycles. The second-order valence-electron chi connectivity index (χ2n) is 7.44. The largest absolute Gasteiger partial charge is 0.334 e. The van der Waals surface area contributed by atoms with Crippen LogP contribution in [0, 0.1) is 0 Å². The first-order valence-corrected chi connectivity index (χ1v) is 11.7. The summed E-state index contributed by atoms with van der Waals surface area (Å²) in [5, 5.41) is 0.900. The Labute approximate surface area is 192 Å². The smallest absolute Gasteiger partial charge is 0.268 e. The molecule has 0 saturated carbocycles. The fourth-order valence-corrected chi connectivity index (χ4v) is 5.27. The van der Waals surface area contributed by atoms with E-state index in [1.807, 2.05) is 43.0 Å². The highest BCUT2D eigenvalue weighted by Crippen LogP contribution is 2.48. The minimum atomic E-state index is -0.347. The van der Waals surface area contributed by atoms with E-state index >= 15 is 0 Å². The van der Waals surface area contributed by atoms with Crippen LogP contribution in [0.25, 0.3) is 0 Å². The number of rotatable bonds is 8. The zero-order valence-electron chi connectivity index (χ0n) is 18.1. The molecule has 2 heterocycles. The van der Waals surface area contributed by atoms with Crippen molar-refractivity contribution in [1.29, 1.82) is 0 Å². The third kappa shape index (κ3) is 4.45. The highest BCUT2D eigenvalue weighted by Gasteiger charge is 2.43. The Hall–Kier alpha value is -2.45. The van der Waals surface area contributed by atoms with Crippen LogP contribution in [0.5, 0.6) is 0 Å². The zero-order valence-corrected chi connectivity index (χ0v) is 19.8. The average Bonchev–Trinajstić information content (AvgIpc) is 3.09. The lowest BCUT2D eigenvalue weighted by Crippen LogP contribution is -2.56. The van der Waals surface area contributed by atoms with Gasteiger partial charge in [-0.15, -0.1) is 0 Å². The number of carbonyl (C=O) groups excluding carboxylic acids is 3. The van der Waals surface area contributed by atoms with Crippen molar-refractivity contribution in [3.63, 3.8) is 0 Å². The number of likely N-dealkylation sites (N-methyl/N-ethyl adjacent to an activating group) is 2. The third-order valence-corrected chi connectivity index (χ3v) is 6.97. The Morgan fingerprint density at radius 2 is 1.65 bits per heavy atom. The van der Waals surface area contributed by atoms with Gasteiger partial charge in [-0.1, -0.05) is 30.5 Å². The third-order valence-electron chi connectivity index (χ3n) is 5.35. The van der Waals surface area contributed by atoms with Crippen LogP contribution in [0.3, 0.4) is 0 Å². The predicted molar refractivity (Wildman–Crippen MR) is 128 cm³/mol. The molecule has 0 N–H and O–H groups in total. The minimum Gasteiger partial charge on any atom is -0.334 e. The second-order valence-corrected chi connectivity index (χ2v) is 8.84. The van der Waals surface area contributed by atoms with Crippen molar-refractivity contribution in [3.05, 3.63) is 47.0 Å². The maximum Gasteiger partial charge on any atom is 0.268 e. The van der Waals surface area contributed by atoms with Crippen LogP contribution >= 0.6 is 24.0 Å². The molecule has 164 valence electrons. The molecule has 1 fully saturated rings. The van der Waals surface area contributed by atoms with Crippen LogP contribution in [0.2, 0.25) is 0 Å². The number of nitrogens with zero attached hydrogens (tertiary/aromatic N) is 3. The molecule has 8 heteroatoms. The number of para-hydroxylation sites is 1. The summed E-state index contributed by atoms with van der Waals surface area (Å²) in [5.41, 5.74) is 1.70. The molecule has 31 heavy (non-hydrogen) atoms. The van der Waals surface area contributed by atoms with Crippen molar-refractivity contribution in [2.45, 2.75) is 44.9 Å². The Morgan fingerprint density at radius 1 is 1.03 bits per heavy atom. The molecule has 0 bridgehead atoms. The molecule has 2 aliphatic rings. The number of carbonyl (C=O) groups is 3. The number of unbranched alkanes of at least 4 members (excludes halogenated alkanes) is 1. The van der Waals surface area contributed by atoms with Crippen LogP contribution in [-0.2, 0) is 14.4 Å². The number of hydrogen-bond donors (Lipinski definition) is 0. The Bertz CT molecular complexity index is 958. The Kier molecular flexibility index (Phi) is 7.33. The topological polar surface area (TPSA) is 60.9 Å². The van der Waals surface area contributed by atoms with E-state index in [9.17, 15) is 14.4 Å². The highest BCUT2D eigenvalue weighted by molar-refractivity contribution is 8.03. The molecule has 0 radical (unpaired) electrons. The fourth-order valence-electron chi connectivity index (χ4n) is 3.63. The van der Waals surface area contributed by atoms with Crippen LogP contribution < -0.4 is 4.90 Å². The van der Waals surface area contributed by atoms with Crippen LogP contribution in [-0.4, -0.2) is 52.1 Å². The van der Waals surface area contributed by atoms with E-state index in [0.29, 0.717) is 43.1 Å². The summed E-state index contributed by atoms with van der Waals surface area (Å²) < 4.78 is 0. The van der Waals surface area contributed by atoms with Gasteiger partial charge in [-0.05, 0) is 63.5 Å². The Balaban J connectivity index is 1.95. The molecular weight excluding hydrogens is 430 g/mol. The molecule has 1 aromatic rings. The number of fused-ring (bicyclic) bond motifs is 1. The summed E-state index contributed by atoms with van der Waals surface area (Å²) in [6, 6.07) is 7.87. The number of benzene rings is 1. The monoisotopic (exact) mass is 457 g/mol. The zero-order chi connectivity index (χ0) is 22.7. The molecular formula is C23H27N3O3S2. The van der Waals surface area contributed by atoms with Crippen molar-refractivity contribution in [2.24, 2.45) is 0 Å². The van der Waals surface area contributed by atoms with Crippen LogP contribution in [0.15, 0.2) is 51.9 Å². The van der Waals surface area contributed by atoms with E-state index in [0.717, 1.165) is 17.0 Å². The van der Waals surface area contributed by atoms with E-state index in [-0.39, 0.29) is 28.3 Å². The van der Waals surface area contributed by atoms with Gasteiger partial charge in [0.2, 0.25) is 0 Å². The lowest BCUT2D eigenvalue weighted by atomic mass is 10.1. The summed E-state index contributed by atoms with van der Waals surface area (Å²) in [5.74, 6) is -0.627. The maximum absolute atomic E-state index is 13.3. The molecule has 0 aliphatic carbocycles. The van der Waals surface area contributed by atoms with Crippen molar-refractivity contribution in [1.82, 2.24) is 9.80 Å². The SMILES string of the molecule is C=C(C)C(=O)CCCCN1C(=C2C(=O)N(CC)C(=S)N(CC)C2=O)Sc2ccccc21. The first-order chi connectivity index (χ1) is 14.8. The Morgan fingerprint density at radius 3 is 2.23 bits per heavy atom. The lowest BCUT2D eigenvalue weighted by Gasteiger charge is -2.36. The summed E-state index contributed by atoms with van der Waals surface area (Å²) in [4.78, 5) is 44.4. The van der Waals surface area contributed by atoms with E-state index in [1.165, 1.54) is 21.6 Å². The first-order valence-electron chi connectivity index (χ1n) is 10.5. The van der Waals surface area contributed by atoms with Gasteiger partial charge < -0.3 is 4.90 Å². The molecule has 0 spiro atoms. The second kappa shape index (κ2) is 9.78. The number of anilines is 1. The minimum absolute atomic E-state index is 0.0677. The number of hydrogen-bond acceptors (Lipinski definition) is 6. The van der Waals surface area contributed by atoms with Crippen molar-refractivity contribution in [2.75, 3.05) is 24.5 Å². The summed E-state index contributed by atoms with van der Waals surface area (Å²) >= 11 is 6.83. The molecule has 0 atom stereocenters. The summed E-state index contributed by atoms with van der Waals surface area (Å²) in [6.07, 6.45) is 1.91. The molecule has 1 saturated heterocycles. The van der Waals surface area contributed by atoms with Crippen molar-refractivity contribution >= 4 is 52.4 Å². The molecule has 1 aromatic carbocycles. The first kappa shape index (κ1) is 23.2. The molecule has 3 rings (SSSR count). The van der Waals surface area contributed by atoms with E-state index < -0.39 is 0 Å². The quantitative estimate of drug-likeness (QED) is 0.253. The van der Waals surface area contributed by atoms with Gasteiger partial charge in [0.25, 0.3) is 11.8 Å². The lowest BCUT2D eigenvalue weighted by molar-refractivity contribution is -0.133. The molecule has 0 unspecified atom stereocenters. The summed E-state index contributed by atoms with van der Waals surface area (Å²) in [6.45, 7) is 10.5. The van der Waals surface area contributed by atoms with E-state index in [1.54, 1.807) is 6.92 Å². The van der Waals surface area contributed by atoms with Gasteiger partial charge in [-0.25, -0.2) is 0 Å². The van der Waals surface area contributed by atoms with E-state index in [4.69, 9.17) is 12.2 Å². The maximum atomic E-state index is 13.3. The van der Waals surface area contributed by atoms with Crippen molar-refractivity contribution in [3.8, 4) is 0 Å². The van der Waals surface area contributed by atoms with Gasteiger partial charge in [0, 0.05) is 31.0 Å². The fraction of sp³-hybridized carbons (Fsp3) is 0.391. The van der Waals surface area contributed by atoms with E-state index in [2.05, 4.69) is 6.58 Å². The number of amides is 2. The van der Waals surface area contributed by atoms with Gasteiger partial charge in [-0.2, -0.15) is 0 Å². The number of Topliss-reactive ketones (excluding diaryl/α,β-unsaturated/α-hetero) is 1. The van der Waals surface area contributed by atoms with Gasteiger partial charge in [0.05, 0.1) is 10.7 Å². The molecule has 2 amide bonds. The predicted octanol–water partition coefficient (Wildman–Crippen LogP) is 4.12. The average molecular weight is 458 g/mol. The molecule has 6 nitrogen and oxygen atoms in total. The van der Waals surface area contributed by atoms with Gasteiger partial charge in [0.1, 0.15) is 5.57 Å². The standard InChI is InChI=1S/C23H27N3O3S2/c1-5-24-20(28)19(21(29)25(6-2)23(24)30)22-26(14-10-9-12-17(27)15(3)4)16-11-7-8-13-18(16)31-22/h7-8,11,13H,3,5-6,9-10,12,14H2,1-2,4H3. The van der Waals surface area contributed by atoms with Gasteiger partial charge >= 0.3 is 0 Å². The van der Waals surface area contributed by atoms with Crippen molar-refractivity contribution < 1.29 is 14.4 Å². The van der Waals surface area contributed by atoms with Crippen LogP contribution in [0.1, 0.15) is 40.0 Å². The number of thiocarbonyl (C=S) groups is 1. The summed E-state index contributed by atoms with van der Waals surface area (Å²) in [7, 11) is 0. The van der Waals surface area contributed by atoms with Gasteiger partial charge in [0.15, 0.2) is 10.9 Å². The number of ketones is 1. The van der Waals surface area contributed by atoms with Crippen LogP contribution in [0.4, 0.5) is 5.69 Å². The number of allylic oxidation sites excluding steroid dienone is 1.